The molecule has 1 saturated carbocycles. The van der Waals surface area contributed by atoms with Crippen LogP contribution in [0.25, 0.3) is 11.3 Å². The zero-order valence-corrected chi connectivity index (χ0v) is 17.5. The van der Waals surface area contributed by atoms with Crippen molar-refractivity contribution in [3.05, 3.63) is 47.9 Å². The number of carbonyl (C=O) groups is 2. The molecule has 2 aromatic heterocycles. The summed E-state index contributed by atoms with van der Waals surface area (Å²) in [5.74, 6) is -0.190. The van der Waals surface area contributed by atoms with Gasteiger partial charge in [-0.3, -0.25) is 19.5 Å². The number of nitrogens with zero attached hydrogens (tertiary/aromatic N) is 4. The van der Waals surface area contributed by atoms with Crippen LogP contribution in [0.4, 0.5) is 0 Å². The first kappa shape index (κ1) is 20.1. The molecular weight excluding hydrogens is 394 g/mol. The molecule has 1 N–H and O–H groups in total. The van der Waals surface area contributed by atoms with Crippen molar-refractivity contribution in [2.24, 2.45) is 0 Å². The number of pyridine rings is 2. The maximum absolute atomic E-state index is 13.2. The van der Waals surface area contributed by atoms with E-state index in [9.17, 15) is 9.59 Å². The number of fused-ring (bicyclic) bond motifs is 1. The molecule has 8 heteroatoms. The molecule has 1 saturated heterocycles. The molecule has 0 spiro atoms. The van der Waals surface area contributed by atoms with Gasteiger partial charge in [0.2, 0.25) is 5.91 Å². The number of amides is 2. The summed E-state index contributed by atoms with van der Waals surface area (Å²) < 4.78 is 5.37. The lowest BCUT2D eigenvalue weighted by atomic mass is 10.1. The summed E-state index contributed by atoms with van der Waals surface area (Å²) in [6.07, 6.45) is 5.75. The second-order valence-corrected chi connectivity index (χ2v) is 8.43. The highest BCUT2D eigenvalue weighted by atomic mass is 16.5. The Kier molecular flexibility index (Phi) is 5.41. The van der Waals surface area contributed by atoms with Crippen LogP contribution >= 0.6 is 0 Å². The quantitative estimate of drug-likeness (QED) is 0.682. The van der Waals surface area contributed by atoms with Gasteiger partial charge >= 0.3 is 0 Å². The summed E-state index contributed by atoms with van der Waals surface area (Å²) in [5.41, 5.74) is 2.21. The monoisotopic (exact) mass is 421 g/mol. The van der Waals surface area contributed by atoms with E-state index in [0.717, 1.165) is 56.1 Å². The molecule has 3 aliphatic rings. The Hall–Kier alpha value is -2.84. The Morgan fingerprint density at radius 2 is 2.03 bits per heavy atom. The second kappa shape index (κ2) is 8.36. The highest BCUT2D eigenvalue weighted by Gasteiger charge is 2.58. The summed E-state index contributed by atoms with van der Waals surface area (Å²) in [5, 5.41) is 3.07. The zero-order chi connectivity index (χ0) is 21.3. The van der Waals surface area contributed by atoms with Gasteiger partial charge in [-0.25, -0.2) is 4.98 Å². The first-order chi connectivity index (χ1) is 15.2. The van der Waals surface area contributed by atoms with Gasteiger partial charge in [-0.05, 0) is 44.0 Å². The van der Waals surface area contributed by atoms with Crippen LogP contribution in [-0.2, 0) is 16.1 Å². The number of ether oxygens (including phenoxy) is 1. The van der Waals surface area contributed by atoms with Crippen molar-refractivity contribution in [3.8, 4) is 11.3 Å². The third-order valence-corrected chi connectivity index (χ3v) is 6.42. The van der Waals surface area contributed by atoms with Crippen LogP contribution in [0.1, 0.15) is 35.3 Å². The average molecular weight is 422 g/mol. The van der Waals surface area contributed by atoms with Crippen LogP contribution in [0.2, 0.25) is 0 Å². The van der Waals surface area contributed by atoms with Gasteiger partial charge in [0, 0.05) is 49.7 Å². The predicted molar refractivity (Wildman–Crippen MR) is 114 cm³/mol. The van der Waals surface area contributed by atoms with Gasteiger partial charge in [0.15, 0.2) is 0 Å². The standard InChI is InChI=1S/C23H27N5O3/c29-21-20-18(4-5-19(26-20)17-3-1-8-24-15-17)16-28(21)23(6-7-23)22(30)25-9-2-10-27-11-13-31-14-12-27/h1,3-5,8,15H,2,6-7,9-14,16H2,(H,25,30). The highest BCUT2D eigenvalue weighted by Crippen LogP contribution is 2.46. The fraction of sp³-hybridized carbons (Fsp3) is 0.478. The Labute approximate surface area is 181 Å². The van der Waals surface area contributed by atoms with Crippen molar-refractivity contribution in [3.63, 3.8) is 0 Å². The van der Waals surface area contributed by atoms with Crippen LogP contribution in [-0.4, -0.2) is 76.5 Å². The van der Waals surface area contributed by atoms with Crippen molar-refractivity contribution in [1.82, 2.24) is 25.1 Å². The first-order valence-corrected chi connectivity index (χ1v) is 11.0. The van der Waals surface area contributed by atoms with Gasteiger partial charge in [-0.15, -0.1) is 0 Å². The van der Waals surface area contributed by atoms with Crippen LogP contribution in [0, 0.1) is 0 Å². The zero-order valence-electron chi connectivity index (χ0n) is 17.5. The van der Waals surface area contributed by atoms with Crippen LogP contribution in [0.5, 0.6) is 0 Å². The minimum absolute atomic E-state index is 0.0388. The van der Waals surface area contributed by atoms with Crippen molar-refractivity contribution in [1.29, 1.82) is 0 Å². The summed E-state index contributed by atoms with van der Waals surface area (Å²) in [6, 6.07) is 7.63. The van der Waals surface area contributed by atoms with Gasteiger partial charge in [0.25, 0.3) is 5.91 Å². The van der Waals surface area contributed by atoms with E-state index in [-0.39, 0.29) is 11.8 Å². The van der Waals surface area contributed by atoms with Crippen LogP contribution in [0.15, 0.2) is 36.7 Å². The fourth-order valence-corrected chi connectivity index (χ4v) is 4.42. The van der Waals surface area contributed by atoms with E-state index < -0.39 is 5.54 Å². The van der Waals surface area contributed by atoms with E-state index in [0.29, 0.717) is 31.6 Å². The highest BCUT2D eigenvalue weighted by molar-refractivity contribution is 6.02. The Morgan fingerprint density at radius 1 is 1.19 bits per heavy atom. The fourth-order valence-electron chi connectivity index (χ4n) is 4.42. The van der Waals surface area contributed by atoms with E-state index in [1.807, 2.05) is 24.3 Å². The molecule has 1 aliphatic carbocycles. The number of hydrogen-bond acceptors (Lipinski definition) is 6. The number of rotatable bonds is 7. The third kappa shape index (κ3) is 3.93. The number of carbonyl (C=O) groups excluding carboxylic acids is 2. The molecule has 0 radical (unpaired) electrons. The summed E-state index contributed by atoms with van der Waals surface area (Å²) >= 11 is 0. The molecule has 8 nitrogen and oxygen atoms in total. The van der Waals surface area contributed by atoms with Crippen LogP contribution < -0.4 is 5.32 Å². The molecule has 0 unspecified atom stereocenters. The Morgan fingerprint density at radius 3 is 2.77 bits per heavy atom. The molecule has 0 aromatic carbocycles. The lowest BCUT2D eigenvalue weighted by molar-refractivity contribution is -0.127. The number of nitrogens with one attached hydrogen (secondary N) is 1. The average Bonchev–Trinajstić information content (AvgIpc) is 3.56. The number of morpholine rings is 1. The van der Waals surface area contributed by atoms with Gasteiger partial charge in [-0.2, -0.15) is 0 Å². The third-order valence-electron chi connectivity index (χ3n) is 6.42. The van der Waals surface area contributed by atoms with Crippen molar-refractivity contribution in [2.45, 2.75) is 31.3 Å². The maximum Gasteiger partial charge on any atom is 0.274 e. The summed E-state index contributed by atoms with van der Waals surface area (Å²) in [7, 11) is 0. The van der Waals surface area contributed by atoms with Gasteiger partial charge in [-0.1, -0.05) is 6.07 Å². The second-order valence-electron chi connectivity index (χ2n) is 8.43. The summed E-state index contributed by atoms with van der Waals surface area (Å²) in [4.78, 5) is 38.9. The molecule has 2 aromatic rings. The first-order valence-electron chi connectivity index (χ1n) is 11.0. The van der Waals surface area contributed by atoms with Crippen LogP contribution in [0.3, 0.4) is 0 Å². The van der Waals surface area contributed by atoms with Crippen molar-refractivity contribution in [2.75, 3.05) is 39.4 Å². The van der Waals surface area contributed by atoms with Gasteiger partial charge in [0.05, 0.1) is 18.9 Å². The lowest BCUT2D eigenvalue weighted by Crippen LogP contribution is -2.50. The van der Waals surface area contributed by atoms with Gasteiger partial charge < -0.3 is 15.0 Å². The van der Waals surface area contributed by atoms with Crippen molar-refractivity contribution >= 4 is 11.8 Å². The minimum atomic E-state index is -0.717. The van der Waals surface area contributed by atoms with E-state index in [4.69, 9.17) is 4.74 Å². The Bertz CT molecular complexity index is 970. The van der Waals surface area contributed by atoms with E-state index in [2.05, 4.69) is 20.2 Å². The molecule has 4 heterocycles. The molecular formula is C23H27N5O3. The predicted octanol–water partition coefficient (Wildman–Crippen LogP) is 1.47. The lowest BCUT2D eigenvalue weighted by Gasteiger charge is -2.28. The van der Waals surface area contributed by atoms with Crippen molar-refractivity contribution < 1.29 is 14.3 Å². The minimum Gasteiger partial charge on any atom is -0.379 e. The summed E-state index contributed by atoms with van der Waals surface area (Å²) in [6.45, 7) is 5.48. The van der Waals surface area contributed by atoms with E-state index >= 15 is 0 Å². The topological polar surface area (TPSA) is 87.7 Å². The molecule has 2 amide bonds. The number of hydrogen-bond donors (Lipinski definition) is 1. The maximum atomic E-state index is 13.2. The van der Waals surface area contributed by atoms with Gasteiger partial charge in [0.1, 0.15) is 11.2 Å². The van der Waals surface area contributed by atoms with E-state index in [1.54, 1.807) is 17.3 Å². The molecule has 2 aliphatic heterocycles. The number of aromatic nitrogens is 2. The SMILES string of the molecule is O=C1c2nc(-c3cccnc3)ccc2CN1C1(C(=O)NCCCN2CCOCC2)CC1. The van der Waals surface area contributed by atoms with E-state index in [1.165, 1.54) is 0 Å². The normalized spacial score (nSPS) is 19.9. The smallest absolute Gasteiger partial charge is 0.274 e. The largest absolute Gasteiger partial charge is 0.379 e. The molecule has 0 bridgehead atoms. The molecule has 2 fully saturated rings. The molecule has 0 atom stereocenters. The molecule has 162 valence electrons. The Balaban J connectivity index is 1.21. The molecule has 5 rings (SSSR count). The molecule has 31 heavy (non-hydrogen) atoms.